The molecule has 1 aromatic heterocycles. The third-order valence-electron chi connectivity index (χ3n) is 3.63. The third-order valence-corrected chi connectivity index (χ3v) is 3.63. The van der Waals surface area contributed by atoms with E-state index in [0.717, 1.165) is 16.9 Å². The maximum absolute atomic E-state index is 12.1. The molecular formula is C18H24N2O. The number of hydrogen-bond acceptors (Lipinski definition) is 2. The highest BCUT2D eigenvalue weighted by Crippen LogP contribution is 2.17. The molecule has 0 atom stereocenters. The van der Waals surface area contributed by atoms with Gasteiger partial charge in [0.05, 0.1) is 0 Å². The number of aromatic nitrogens is 1. The van der Waals surface area contributed by atoms with Crippen molar-refractivity contribution in [2.24, 2.45) is 0 Å². The topological polar surface area (TPSA) is 34.0 Å². The van der Waals surface area contributed by atoms with Gasteiger partial charge < -0.3 is 9.88 Å². The Balaban J connectivity index is 2.48. The van der Waals surface area contributed by atoms with Crippen LogP contribution in [0.1, 0.15) is 36.2 Å². The Bertz CT molecular complexity index is 699. The molecule has 0 amide bonds. The minimum Gasteiger partial charge on any atom is -0.320 e. The molecule has 1 N–H and O–H groups in total. The summed E-state index contributed by atoms with van der Waals surface area (Å²) in [6, 6.07) is 8.46. The first-order valence-electron chi connectivity index (χ1n) is 7.41. The first-order valence-corrected chi connectivity index (χ1v) is 7.41. The van der Waals surface area contributed by atoms with Crippen molar-refractivity contribution in [2.75, 3.05) is 0 Å². The molecule has 0 saturated carbocycles. The second-order valence-corrected chi connectivity index (χ2v) is 6.00. The lowest BCUT2D eigenvalue weighted by Crippen LogP contribution is -2.26. The van der Waals surface area contributed by atoms with Gasteiger partial charge in [-0.15, -0.1) is 0 Å². The van der Waals surface area contributed by atoms with Crippen LogP contribution in [-0.2, 0) is 6.54 Å². The molecule has 1 heterocycles. The molecule has 21 heavy (non-hydrogen) atoms. The van der Waals surface area contributed by atoms with Crippen molar-refractivity contribution in [1.29, 1.82) is 0 Å². The van der Waals surface area contributed by atoms with Crippen LogP contribution in [0.4, 0.5) is 0 Å². The molecule has 2 rings (SSSR count). The zero-order valence-corrected chi connectivity index (χ0v) is 13.5. The highest BCUT2D eigenvalue weighted by molar-refractivity contribution is 5.44. The lowest BCUT2D eigenvalue weighted by Gasteiger charge is -2.16. The summed E-state index contributed by atoms with van der Waals surface area (Å²) >= 11 is 0. The van der Waals surface area contributed by atoms with Gasteiger partial charge in [-0.2, -0.15) is 0 Å². The van der Waals surface area contributed by atoms with Crippen molar-refractivity contribution in [3.05, 3.63) is 63.1 Å². The third kappa shape index (κ3) is 3.61. The van der Waals surface area contributed by atoms with Crippen LogP contribution in [0.15, 0.2) is 35.3 Å². The molecule has 0 saturated heterocycles. The smallest absolute Gasteiger partial charge is 0.186 e. The summed E-state index contributed by atoms with van der Waals surface area (Å²) in [7, 11) is 0. The Labute approximate surface area is 126 Å². The van der Waals surface area contributed by atoms with Crippen molar-refractivity contribution in [3.63, 3.8) is 0 Å². The molecule has 0 spiro atoms. The van der Waals surface area contributed by atoms with Gasteiger partial charge >= 0.3 is 0 Å². The van der Waals surface area contributed by atoms with Crippen LogP contribution < -0.4 is 10.7 Å². The van der Waals surface area contributed by atoms with Gasteiger partial charge in [-0.25, -0.2) is 0 Å². The summed E-state index contributed by atoms with van der Waals surface area (Å²) in [5, 5.41) is 3.31. The number of nitrogens with zero attached hydrogens (tertiary/aromatic N) is 1. The lowest BCUT2D eigenvalue weighted by atomic mass is 10.1. The number of rotatable bonds is 4. The van der Waals surface area contributed by atoms with E-state index in [9.17, 15) is 4.79 Å². The van der Waals surface area contributed by atoms with Crippen molar-refractivity contribution in [1.82, 2.24) is 9.88 Å². The van der Waals surface area contributed by atoms with Gasteiger partial charge in [-0.3, -0.25) is 4.79 Å². The highest BCUT2D eigenvalue weighted by atomic mass is 16.1. The molecule has 3 nitrogen and oxygen atoms in total. The Hall–Kier alpha value is -1.87. The molecule has 0 aliphatic heterocycles. The minimum absolute atomic E-state index is 0.0988. The van der Waals surface area contributed by atoms with E-state index in [1.165, 1.54) is 11.1 Å². The molecule has 0 aliphatic carbocycles. The van der Waals surface area contributed by atoms with Crippen LogP contribution in [0.25, 0.3) is 5.69 Å². The number of pyridine rings is 1. The van der Waals surface area contributed by atoms with Crippen LogP contribution in [0, 0.1) is 20.8 Å². The minimum atomic E-state index is 0.0988. The lowest BCUT2D eigenvalue weighted by molar-refractivity contribution is 0.585. The summed E-state index contributed by atoms with van der Waals surface area (Å²) in [5.74, 6) is 0. The van der Waals surface area contributed by atoms with E-state index in [4.69, 9.17) is 0 Å². The molecule has 0 unspecified atom stereocenters. The molecule has 0 fully saturated rings. The second-order valence-electron chi connectivity index (χ2n) is 6.00. The maximum Gasteiger partial charge on any atom is 0.186 e. The van der Waals surface area contributed by atoms with Crippen LogP contribution >= 0.6 is 0 Å². The van der Waals surface area contributed by atoms with E-state index in [0.29, 0.717) is 12.6 Å². The quantitative estimate of drug-likeness (QED) is 0.935. The molecule has 2 aromatic rings. The monoisotopic (exact) mass is 284 g/mol. The number of aryl methyl sites for hydroxylation is 3. The van der Waals surface area contributed by atoms with Crippen molar-refractivity contribution in [3.8, 4) is 5.69 Å². The van der Waals surface area contributed by atoms with Gasteiger partial charge in [-0.05, 0) is 32.4 Å². The van der Waals surface area contributed by atoms with Crippen LogP contribution in [0.2, 0.25) is 0 Å². The number of hydrogen-bond donors (Lipinski definition) is 1. The SMILES string of the molecule is Cc1ccc(-n2cc(CNC(C)C)c(=O)cc2C)c(C)c1. The summed E-state index contributed by atoms with van der Waals surface area (Å²) < 4.78 is 2.10. The summed E-state index contributed by atoms with van der Waals surface area (Å²) in [4.78, 5) is 12.1. The first kappa shape index (κ1) is 15.5. The Morgan fingerprint density at radius 2 is 1.86 bits per heavy atom. The number of nitrogens with one attached hydrogen (secondary N) is 1. The Kier molecular flexibility index (Phi) is 4.63. The van der Waals surface area contributed by atoms with E-state index in [1.807, 2.05) is 13.1 Å². The average Bonchev–Trinajstić information content (AvgIpc) is 2.38. The Morgan fingerprint density at radius 3 is 2.48 bits per heavy atom. The normalized spacial score (nSPS) is 11.1. The molecule has 1 aromatic carbocycles. The summed E-state index contributed by atoms with van der Waals surface area (Å²) in [6.07, 6.45) is 1.96. The van der Waals surface area contributed by atoms with E-state index in [-0.39, 0.29) is 5.43 Å². The summed E-state index contributed by atoms with van der Waals surface area (Å²) in [5.41, 5.74) is 5.45. The average molecular weight is 284 g/mol. The van der Waals surface area contributed by atoms with Crippen molar-refractivity contribution < 1.29 is 0 Å². The van der Waals surface area contributed by atoms with Gasteiger partial charge in [0.15, 0.2) is 5.43 Å². The van der Waals surface area contributed by atoms with Crippen LogP contribution in [-0.4, -0.2) is 10.6 Å². The van der Waals surface area contributed by atoms with Gasteiger partial charge in [0, 0.05) is 41.8 Å². The number of benzene rings is 1. The Morgan fingerprint density at radius 1 is 1.14 bits per heavy atom. The fourth-order valence-corrected chi connectivity index (χ4v) is 2.46. The van der Waals surface area contributed by atoms with Crippen molar-refractivity contribution in [2.45, 2.75) is 47.2 Å². The molecule has 3 heteroatoms. The molecular weight excluding hydrogens is 260 g/mol. The van der Waals surface area contributed by atoms with Crippen LogP contribution in [0.5, 0.6) is 0 Å². The van der Waals surface area contributed by atoms with E-state index in [2.05, 4.69) is 55.8 Å². The van der Waals surface area contributed by atoms with Gasteiger partial charge in [0.1, 0.15) is 0 Å². The molecule has 0 radical (unpaired) electrons. The highest BCUT2D eigenvalue weighted by Gasteiger charge is 2.08. The van der Waals surface area contributed by atoms with Gasteiger partial charge in [-0.1, -0.05) is 31.5 Å². The molecule has 112 valence electrons. The van der Waals surface area contributed by atoms with Crippen LogP contribution in [0.3, 0.4) is 0 Å². The van der Waals surface area contributed by atoms with E-state index < -0.39 is 0 Å². The zero-order valence-electron chi connectivity index (χ0n) is 13.5. The largest absolute Gasteiger partial charge is 0.320 e. The zero-order chi connectivity index (χ0) is 15.6. The maximum atomic E-state index is 12.1. The van der Waals surface area contributed by atoms with Gasteiger partial charge in [0.2, 0.25) is 0 Å². The summed E-state index contributed by atoms with van der Waals surface area (Å²) in [6.45, 7) is 10.9. The van der Waals surface area contributed by atoms with Gasteiger partial charge in [0.25, 0.3) is 0 Å². The van der Waals surface area contributed by atoms with E-state index in [1.54, 1.807) is 6.07 Å². The predicted octanol–water partition coefficient (Wildman–Crippen LogP) is 3.26. The van der Waals surface area contributed by atoms with E-state index >= 15 is 0 Å². The first-order chi connectivity index (χ1) is 9.88. The van der Waals surface area contributed by atoms with Crippen molar-refractivity contribution >= 4 is 0 Å². The molecule has 0 aliphatic rings. The molecule has 0 bridgehead atoms. The fourth-order valence-electron chi connectivity index (χ4n) is 2.46. The fraction of sp³-hybridized carbons (Fsp3) is 0.389. The second kappa shape index (κ2) is 6.27. The standard InChI is InChI=1S/C18H24N2O/c1-12(2)19-10-16-11-20(15(5)9-18(16)21)17-7-6-13(3)8-14(17)4/h6-9,11-12,19H,10H2,1-5H3. The predicted molar refractivity (Wildman–Crippen MR) is 88.2 cm³/mol.